The molecule has 0 aliphatic heterocycles. The second-order valence-corrected chi connectivity index (χ2v) is 7.43. The van der Waals surface area contributed by atoms with Crippen LogP contribution in [0.1, 0.15) is 25.7 Å². The second kappa shape index (κ2) is 6.98. The average molecular weight is 378 g/mol. The number of hydrogen-bond acceptors (Lipinski definition) is 3. The Labute approximate surface area is 139 Å². The minimum Gasteiger partial charge on any atom is -0.329 e. The Morgan fingerprint density at radius 2 is 1.71 bits per heavy atom. The summed E-state index contributed by atoms with van der Waals surface area (Å²) in [4.78, 5) is -0.304. The zero-order chi connectivity index (χ0) is 15.0. The average Bonchev–Trinajstić information content (AvgIpc) is 2.75. The molecule has 9 heteroatoms. The van der Waals surface area contributed by atoms with E-state index in [0.717, 1.165) is 25.0 Å². The monoisotopic (exact) mass is 376 g/mol. The van der Waals surface area contributed by atoms with Gasteiger partial charge in [0.2, 0.25) is 10.0 Å². The maximum atomic E-state index is 13.1. The highest BCUT2D eigenvalue weighted by Crippen LogP contribution is 2.34. The van der Waals surface area contributed by atoms with Crippen molar-refractivity contribution in [2.75, 3.05) is 6.54 Å². The molecule has 0 heterocycles. The highest BCUT2D eigenvalue weighted by molar-refractivity contribution is 7.89. The summed E-state index contributed by atoms with van der Waals surface area (Å²) in [5.41, 5.74) is 5.03. The van der Waals surface area contributed by atoms with Gasteiger partial charge >= 0.3 is 0 Å². The lowest BCUT2D eigenvalue weighted by molar-refractivity contribution is 0.399. The van der Waals surface area contributed by atoms with Crippen LogP contribution < -0.4 is 10.5 Å². The third-order valence-corrected chi connectivity index (χ3v) is 6.03. The zero-order valence-electron chi connectivity index (χ0n) is 11.0. The Hall–Kier alpha value is -0.110. The molecule has 0 atom stereocenters. The summed E-state index contributed by atoms with van der Waals surface area (Å²) in [6, 6.07) is 1.84. The van der Waals surface area contributed by atoms with Crippen molar-refractivity contribution in [3.8, 4) is 0 Å². The van der Waals surface area contributed by atoms with Crippen LogP contribution in [0.2, 0.25) is 10.0 Å². The van der Waals surface area contributed by atoms with Gasteiger partial charge in [0.05, 0.1) is 10.0 Å². The minimum absolute atomic E-state index is 0. The van der Waals surface area contributed by atoms with Crippen LogP contribution >= 0.6 is 35.6 Å². The van der Waals surface area contributed by atoms with Gasteiger partial charge in [0.15, 0.2) is 0 Å². The van der Waals surface area contributed by atoms with Crippen molar-refractivity contribution >= 4 is 45.6 Å². The first-order valence-electron chi connectivity index (χ1n) is 6.18. The highest BCUT2D eigenvalue weighted by Gasteiger charge is 2.38. The summed E-state index contributed by atoms with van der Waals surface area (Å²) >= 11 is 11.6. The Balaban J connectivity index is 0.00000220. The van der Waals surface area contributed by atoms with Gasteiger partial charge in [-0.3, -0.25) is 0 Å². The molecule has 1 aromatic rings. The molecule has 2 rings (SSSR count). The molecular weight excluding hydrogens is 362 g/mol. The van der Waals surface area contributed by atoms with E-state index in [1.54, 1.807) is 0 Å². The fraction of sp³-hybridized carbons (Fsp3) is 0.500. The number of benzene rings is 1. The number of hydrogen-bond donors (Lipinski definition) is 2. The highest BCUT2D eigenvalue weighted by atomic mass is 35.5. The first-order chi connectivity index (χ1) is 9.30. The molecule has 3 N–H and O–H groups in total. The molecule has 1 aromatic carbocycles. The van der Waals surface area contributed by atoms with E-state index in [2.05, 4.69) is 4.72 Å². The first kappa shape index (κ1) is 18.9. The molecule has 0 bridgehead atoms. The van der Waals surface area contributed by atoms with Crippen LogP contribution in [0.25, 0.3) is 0 Å². The summed E-state index contributed by atoms with van der Waals surface area (Å²) in [5.74, 6) is -0.687. The lowest BCUT2D eigenvalue weighted by Gasteiger charge is -2.28. The number of nitrogens with one attached hydrogen (secondary N) is 1. The van der Waals surface area contributed by atoms with Crippen LogP contribution in [0, 0.1) is 5.82 Å². The number of sulfonamides is 1. The molecule has 0 radical (unpaired) electrons. The van der Waals surface area contributed by atoms with Crippen LogP contribution in [-0.2, 0) is 10.0 Å². The second-order valence-electron chi connectivity index (χ2n) is 5.00. The van der Waals surface area contributed by atoms with Gasteiger partial charge in [0, 0.05) is 12.1 Å². The van der Waals surface area contributed by atoms with Gasteiger partial charge in [-0.15, -0.1) is 12.4 Å². The van der Waals surface area contributed by atoms with E-state index in [9.17, 15) is 12.8 Å². The summed E-state index contributed by atoms with van der Waals surface area (Å²) in [5, 5.41) is -0.486. The standard InChI is InChI=1S/C12H15Cl2FN2O2S.ClH/c13-9-5-8(15)6-10(14)11(9)20(18,19)17-12(7-16)3-1-2-4-12;/h5-6,17H,1-4,7,16H2;1H. The molecule has 1 saturated carbocycles. The van der Waals surface area contributed by atoms with Crippen LogP contribution in [0.5, 0.6) is 0 Å². The fourth-order valence-corrected chi connectivity index (χ4v) is 5.18. The van der Waals surface area contributed by atoms with Gasteiger partial charge in [0.1, 0.15) is 10.7 Å². The van der Waals surface area contributed by atoms with Gasteiger partial charge in [-0.05, 0) is 25.0 Å². The van der Waals surface area contributed by atoms with E-state index < -0.39 is 21.4 Å². The zero-order valence-corrected chi connectivity index (χ0v) is 14.2. The van der Waals surface area contributed by atoms with Crippen molar-refractivity contribution in [3.05, 3.63) is 28.0 Å². The molecule has 21 heavy (non-hydrogen) atoms. The maximum Gasteiger partial charge on any atom is 0.244 e. The number of nitrogens with two attached hydrogens (primary N) is 1. The molecule has 1 aliphatic carbocycles. The van der Waals surface area contributed by atoms with Gasteiger partial charge < -0.3 is 5.73 Å². The third-order valence-electron chi connectivity index (χ3n) is 3.53. The predicted molar refractivity (Wildman–Crippen MR) is 84.2 cm³/mol. The van der Waals surface area contributed by atoms with E-state index in [1.165, 1.54) is 0 Å². The molecule has 120 valence electrons. The largest absolute Gasteiger partial charge is 0.329 e. The molecule has 1 aliphatic rings. The molecular formula is C12H16Cl3FN2O2S. The fourth-order valence-electron chi connectivity index (χ4n) is 2.52. The van der Waals surface area contributed by atoms with E-state index in [-0.39, 0.29) is 33.9 Å². The van der Waals surface area contributed by atoms with Gasteiger partial charge in [0.25, 0.3) is 0 Å². The summed E-state index contributed by atoms with van der Waals surface area (Å²) in [6.07, 6.45) is 3.15. The predicted octanol–water partition coefficient (Wildman–Crippen LogP) is 3.10. The Bertz CT molecular complexity index is 596. The maximum absolute atomic E-state index is 13.1. The first-order valence-corrected chi connectivity index (χ1v) is 8.42. The van der Waals surface area contributed by atoms with Crippen molar-refractivity contribution in [1.82, 2.24) is 4.72 Å². The van der Waals surface area contributed by atoms with E-state index >= 15 is 0 Å². The summed E-state index contributed by atoms with van der Waals surface area (Å²) in [6.45, 7) is 0.197. The molecule has 0 unspecified atom stereocenters. The molecule has 0 aromatic heterocycles. The van der Waals surface area contributed by atoms with Crippen molar-refractivity contribution < 1.29 is 12.8 Å². The number of rotatable bonds is 4. The molecule has 4 nitrogen and oxygen atoms in total. The van der Waals surface area contributed by atoms with E-state index in [1.807, 2.05) is 0 Å². The van der Waals surface area contributed by atoms with Crippen LogP contribution in [0.4, 0.5) is 4.39 Å². The Morgan fingerprint density at radius 1 is 1.24 bits per heavy atom. The summed E-state index contributed by atoms with van der Waals surface area (Å²) < 4.78 is 40.6. The van der Waals surface area contributed by atoms with Crippen LogP contribution in [-0.4, -0.2) is 20.5 Å². The van der Waals surface area contributed by atoms with Crippen molar-refractivity contribution in [2.45, 2.75) is 36.1 Å². The van der Waals surface area contributed by atoms with Gasteiger partial charge in [-0.2, -0.15) is 0 Å². The van der Waals surface area contributed by atoms with Gasteiger partial charge in [-0.1, -0.05) is 36.0 Å². The molecule has 0 saturated heterocycles. The Kier molecular flexibility index (Phi) is 6.29. The smallest absolute Gasteiger partial charge is 0.244 e. The quantitative estimate of drug-likeness (QED) is 0.847. The molecule has 0 amide bonds. The van der Waals surface area contributed by atoms with Crippen molar-refractivity contribution in [1.29, 1.82) is 0 Å². The van der Waals surface area contributed by atoms with E-state index in [4.69, 9.17) is 28.9 Å². The van der Waals surface area contributed by atoms with Crippen molar-refractivity contribution in [2.24, 2.45) is 5.73 Å². The molecule has 1 fully saturated rings. The summed E-state index contributed by atoms with van der Waals surface area (Å²) in [7, 11) is -3.95. The van der Waals surface area contributed by atoms with Crippen molar-refractivity contribution in [3.63, 3.8) is 0 Å². The van der Waals surface area contributed by atoms with Crippen LogP contribution in [0.3, 0.4) is 0 Å². The normalized spacial score (nSPS) is 17.5. The Morgan fingerprint density at radius 3 is 2.14 bits per heavy atom. The topological polar surface area (TPSA) is 72.2 Å². The van der Waals surface area contributed by atoms with Crippen LogP contribution in [0.15, 0.2) is 17.0 Å². The molecule has 0 spiro atoms. The van der Waals surface area contributed by atoms with E-state index in [0.29, 0.717) is 12.8 Å². The third kappa shape index (κ3) is 4.00. The number of halogens is 4. The SMILES string of the molecule is Cl.NCC1(NS(=O)(=O)c2c(Cl)cc(F)cc2Cl)CCCC1. The lowest BCUT2D eigenvalue weighted by atomic mass is 10.0. The lowest BCUT2D eigenvalue weighted by Crippen LogP contribution is -2.51. The van der Waals surface area contributed by atoms with Gasteiger partial charge in [-0.25, -0.2) is 17.5 Å². The minimum atomic E-state index is -3.95.